The summed E-state index contributed by atoms with van der Waals surface area (Å²) in [6, 6.07) is 6.84. The molecule has 11 heteroatoms. The molecule has 0 bridgehead atoms. The Morgan fingerprint density at radius 3 is 2.42 bits per heavy atom. The number of nitrogens with one attached hydrogen (secondary N) is 1. The molecule has 2 aromatic rings. The lowest BCUT2D eigenvalue weighted by Gasteiger charge is -2.05. The summed E-state index contributed by atoms with van der Waals surface area (Å²) in [5.74, 6) is -0.968. The van der Waals surface area contributed by atoms with Crippen molar-refractivity contribution in [2.24, 2.45) is 0 Å². The highest BCUT2D eigenvalue weighted by atomic mass is 35.5. The van der Waals surface area contributed by atoms with Gasteiger partial charge in [-0.3, -0.25) is 14.9 Å². The molecule has 0 aliphatic carbocycles. The minimum absolute atomic E-state index is 0.153. The number of aliphatic hydroxyl groups is 1. The van der Waals surface area contributed by atoms with Crippen LogP contribution in [0.4, 0.5) is 23.1 Å². The third-order valence-electron chi connectivity index (χ3n) is 2.42. The van der Waals surface area contributed by atoms with Crippen LogP contribution in [0.5, 0.6) is 0 Å². The Bertz CT molecular complexity index is 710. The van der Waals surface area contributed by atoms with Gasteiger partial charge in [-0.1, -0.05) is 11.6 Å². The van der Waals surface area contributed by atoms with Gasteiger partial charge < -0.3 is 21.3 Å². The van der Waals surface area contributed by atoms with Crippen LogP contribution in [0, 0.1) is 10.1 Å². The molecule has 24 heavy (non-hydrogen) atoms. The molecule has 0 amide bonds. The third kappa shape index (κ3) is 6.42. The molecule has 0 atom stereocenters. The number of hydrogen-bond donors (Lipinski definition) is 4. The number of aliphatic carboxylic acids is 1. The Hall–Kier alpha value is -2.98. The van der Waals surface area contributed by atoms with Gasteiger partial charge in [-0.2, -0.15) is 4.98 Å². The summed E-state index contributed by atoms with van der Waals surface area (Å²) in [7, 11) is 0. The molecule has 1 heterocycles. The molecule has 1 aromatic carbocycles. The Kier molecular flexibility index (Phi) is 7.33. The molecule has 0 aliphatic rings. The van der Waals surface area contributed by atoms with Crippen molar-refractivity contribution >= 4 is 40.7 Å². The van der Waals surface area contributed by atoms with Gasteiger partial charge in [0.25, 0.3) is 0 Å². The lowest BCUT2D eigenvalue weighted by atomic mass is 10.3. The van der Waals surface area contributed by atoms with E-state index in [9.17, 15) is 14.9 Å². The van der Waals surface area contributed by atoms with Gasteiger partial charge in [0.2, 0.25) is 11.8 Å². The van der Waals surface area contributed by atoms with E-state index in [0.29, 0.717) is 10.7 Å². The Labute approximate surface area is 141 Å². The average Bonchev–Trinajstić information content (AvgIpc) is 2.50. The molecule has 10 nitrogen and oxygen atoms in total. The van der Waals surface area contributed by atoms with Crippen molar-refractivity contribution in [2.75, 3.05) is 17.7 Å². The molecule has 0 saturated heterocycles. The summed E-state index contributed by atoms with van der Waals surface area (Å²) in [6.07, 6.45) is 0.903. The second-order valence-electron chi connectivity index (χ2n) is 4.22. The summed E-state index contributed by atoms with van der Waals surface area (Å²) in [4.78, 5) is 26.9. The molecule has 0 fully saturated rings. The predicted molar refractivity (Wildman–Crippen MR) is 87.2 cm³/mol. The van der Waals surface area contributed by atoms with E-state index in [2.05, 4.69) is 15.3 Å². The highest BCUT2D eigenvalue weighted by molar-refractivity contribution is 6.30. The van der Waals surface area contributed by atoms with Crippen molar-refractivity contribution in [2.45, 2.75) is 6.42 Å². The van der Waals surface area contributed by atoms with E-state index < -0.39 is 10.9 Å². The molecule has 0 unspecified atom stereocenters. The first-order valence-electron chi connectivity index (χ1n) is 6.45. The van der Waals surface area contributed by atoms with Gasteiger partial charge in [0.1, 0.15) is 6.20 Å². The molecule has 5 N–H and O–H groups in total. The van der Waals surface area contributed by atoms with Crippen LogP contribution in [0.25, 0.3) is 0 Å². The number of carbonyl (C=O) groups is 1. The molecule has 0 aliphatic heterocycles. The van der Waals surface area contributed by atoms with Gasteiger partial charge in [0, 0.05) is 10.7 Å². The lowest BCUT2D eigenvalue weighted by Crippen LogP contribution is -2.03. The normalized spacial score (nSPS) is 9.58. The molecule has 0 saturated carbocycles. The fourth-order valence-electron chi connectivity index (χ4n) is 1.35. The maximum atomic E-state index is 10.5. The van der Waals surface area contributed by atoms with Gasteiger partial charge in [0.15, 0.2) is 0 Å². The lowest BCUT2D eigenvalue weighted by molar-refractivity contribution is -0.384. The standard InChI is InChI=1S/C10H8ClN5O2.C3H6O3/c11-6-1-3-7(4-2-6)14-10-13-5-8(16(17)18)9(12)15-10;4-2-1-3(5)6/h1-5H,(H3,12,13,14,15);4H,1-2H2,(H,5,6). The maximum Gasteiger partial charge on any atom is 0.329 e. The molecule has 1 aromatic heterocycles. The number of aromatic nitrogens is 2. The van der Waals surface area contributed by atoms with Gasteiger partial charge in [-0.05, 0) is 24.3 Å². The molecule has 0 radical (unpaired) electrons. The van der Waals surface area contributed by atoms with Crippen molar-refractivity contribution < 1.29 is 19.9 Å². The summed E-state index contributed by atoms with van der Waals surface area (Å²) in [6.45, 7) is -0.269. The van der Waals surface area contributed by atoms with Crippen LogP contribution in [0.2, 0.25) is 5.02 Å². The summed E-state index contributed by atoms with van der Waals surface area (Å²) in [5, 5.41) is 29.6. The van der Waals surface area contributed by atoms with E-state index in [4.69, 9.17) is 27.5 Å². The summed E-state index contributed by atoms with van der Waals surface area (Å²) >= 11 is 5.74. The number of nitrogens with zero attached hydrogens (tertiary/aromatic N) is 3. The first-order valence-corrected chi connectivity index (χ1v) is 6.83. The van der Waals surface area contributed by atoms with Crippen molar-refractivity contribution in [3.05, 3.63) is 45.6 Å². The van der Waals surface area contributed by atoms with Crippen LogP contribution in [-0.4, -0.2) is 37.7 Å². The van der Waals surface area contributed by atoms with Crippen LogP contribution < -0.4 is 11.1 Å². The van der Waals surface area contributed by atoms with Crippen LogP contribution in [0.3, 0.4) is 0 Å². The van der Waals surface area contributed by atoms with Crippen LogP contribution in [0.1, 0.15) is 6.42 Å². The minimum atomic E-state index is -0.961. The zero-order valence-electron chi connectivity index (χ0n) is 12.2. The molecule has 0 spiro atoms. The van der Waals surface area contributed by atoms with E-state index in [-0.39, 0.29) is 30.5 Å². The smallest absolute Gasteiger partial charge is 0.329 e. The van der Waals surface area contributed by atoms with Crippen LogP contribution >= 0.6 is 11.6 Å². The first kappa shape index (κ1) is 19.1. The Balaban J connectivity index is 0.000000413. The van der Waals surface area contributed by atoms with Crippen LogP contribution in [0.15, 0.2) is 30.5 Å². The number of benzene rings is 1. The number of hydrogen-bond acceptors (Lipinski definition) is 8. The zero-order valence-corrected chi connectivity index (χ0v) is 13.0. The van der Waals surface area contributed by atoms with Gasteiger partial charge in [-0.15, -0.1) is 0 Å². The Morgan fingerprint density at radius 2 is 2.00 bits per heavy atom. The Morgan fingerprint density at radius 1 is 1.38 bits per heavy atom. The van der Waals surface area contributed by atoms with Gasteiger partial charge >= 0.3 is 11.7 Å². The van der Waals surface area contributed by atoms with E-state index in [1.165, 1.54) is 0 Å². The number of carboxylic acid groups (broad SMARTS) is 1. The highest BCUT2D eigenvalue weighted by Gasteiger charge is 2.14. The summed E-state index contributed by atoms with van der Waals surface area (Å²) in [5.41, 5.74) is 5.83. The second-order valence-corrected chi connectivity index (χ2v) is 4.66. The van der Waals surface area contributed by atoms with Crippen molar-refractivity contribution in [1.29, 1.82) is 0 Å². The van der Waals surface area contributed by atoms with Crippen molar-refractivity contribution in [3.63, 3.8) is 0 Å². The monoisotopic (exact) mass is 355 g/mol. The number of halogens is 1. The van der Waals surface area contributed by atoms with Crippen LogP contribution in [-0.2, 0) is 4.79 Å². The second kappa shape index (κ2) is 9.22. The topological polar surface area (TPSA) is 164 Å². The number of rotatable bonds is 5. The average molecular weight is 356 g/mol. The number of aliphatic hydroxyl groups excluding tert-OH is 1. The molecular weight excluding hydrogens is 342 g/mol. The zero-order chi connectivity index (χ0) is 18.1. The van der Waals surface area contributed by atoms with Gasteiger partial charge in [0.05, 0.1) is 18.0 Å². The fraction of sp³-hybridized carbons (Fsp3) is 0.154. The largest absolute Gasteiger partial charge is 0.481 e. The van der Waals surface area contributed by atoms with E-state index >= 15 is 0 Å². The quantitative estimate of drug-likeness (QED) is 0.462. The molecular formula is C13H14ClN5O5. The molecule has 2 rings (SSSR count). The number of anilines is 3. The first-order chi connectivity index (χ1) is 11.3. The highest BCUT2D eigenvalue weighted by Crippen LogP contribution is 2.21. The van der Waals surface area contributed by atoms with E-state index in [1.54, 1.807) is 24.3 Å². The number of nitrogen functional groups attached to an aromatic ring is 1. The molecule has 128 valence electrons. The number of nitrogens with two attached hydrogens (primary N) is 1. The maximum absolute atomic E-state index is 10.5. The fourth-order valence-corrected chi connectivity index (χ4v) is 1.47. The minimum Gasteiger partial charge on any atom is -0.481 e. The van der Waals surface area contributed by atoms with E-state index in [1.807, 2.05) is 0 Å². The van der Waals surface area contributed by atoms with Crippen molar-refractivity contribution in [3.8, 4) is 0 Å². The predicted octanol–water partition coefficient (Wildman–Crippen LogP) is 1.82. The van der Waals surface area contributed by atoms with Crippen molar-refractivity contribution in [1.82, 2.24) is 9.97 Å². The SMILES string of the molecule is Nc1nc(Nc2ccc(Cl)cc2)ncc1[N+](=O)[O-].O=C(O)CCO. The third-order valence-corrected chi connectivity index (χ3v) is 2.67. The number of carboxylic acids is 1. The van der Waals surface area contributed by atoms with Gasteiger partial charge in [-0.25, -0.2) is 4.98 Å². The van der Waals surface area contributed by atoms with E-state index in [0.717, 1.165) is 6.20 Å². The number of nitro groups is 1. The summed E-state index contributed by atoms with van der Waals surface area (Å²) < 4.78 is 0.